The van der Waals surface area contributed by atoms with Gasteiger partial charge in [0, 0.05) is 12.2 Å². The van der Waals surface area contributed by atoms with E-state index in [0.717, 1.165) is 43.4 Å². The average Bonchev–Trinajstić information content (AvgIpc) is 2.82. The minimum atomic E-state index is -0.237. The van der Waals surface area contributed by atoms with E-state index in [1.165, 1.54) is 29.0 Å². The number of anilines is 1. The van der Waals surface area contributed by atoms with Crippen LogP contribution in [0.2, 0.25) is 0 Å². The Morgan fingerprint density at radius 3 is 2.14 bits per heavy atom. The maximum absolute atomic E-state index is 11.9. The van der Waals surface area contributed by atoms with Crippen LogP contribution in [-0.2, 0) is 22.4 Å². The van der Waals surface area contributed by atoms with E-state index in [9.17, 15) is 9.59 Å². The molecule has 0 saturated carbocycles. The highest BCUT2D eigenvalue weighted by molar-refractivity contribution is 6.28. The summed E-state index contributed by atoms with van der Waals surface area (Å²) in [6, 6.07) is 6.14. The van der Waals surface area contributed by atoms with Gasteiger partial charge in [-0.2, -0.15) is 0 Å². The van der Waals surface area contributed by atoms with E-state index < -0.39 is 0 Å². The molecule has 1 aromatic carbocycles. The van der Waals surface area contributed by atoms with Crippen molar-refractivity contribution in [1.82, 2.24) is 0 Å². The second-order valence-electron chi connectivity index (χ2n) is 5.52. The summed E-state index contributed by atoms with van der Waals surface area (Å²) in [6.07, 6.45) is 9.13. The molecule has 0 fully saturated rings. The van der Waals surface area contributed by atoms with Crippen LogP contribution in [0.5, 0.6) is 0 Å². The van der Waals surface area contributed by atoms with Crippen LogP contribution in [0.25, 0.3) is 0 Å². The zero-order valence-electron chi connectivity index (χ0n) is 12.9. The normalized spacial score (nSPS) is 14.3. The van der Waals surface area contributed by atoms with Gasteiger partial charge < -0.3 is 0 Å². The van der Waals surface area contributed by atoms with E-state index in [0.29, 0.717) is 0 Å². The second-order valence-corrected chi connectivity index (χ2v) is 5.52. The molecule has 0 aliphatic carbocycles. The minimum Gasteiger partial charge on any atom is -0.269 e. The molecule has 0 atom stereocenters. The predicted molar refractivity (Wildman–Crippen MR) is 85.3 cm³/mol. The van der Waals surface area contributed by atoms with Crippen molar-refractivity contribution in [3.63, 3.8) is 0 Å². The van der Waals surface area contributed by atoms with Crippen LogP contribution in [0.15, 0.2) is 30.4 Å². The largest absolute Gasteiger partial charge is 0.269 e. The van der Waals surface area contributed by atoms with Gasteiger partial charge in [-0.15, -0.1) is 0 Å². The average molecular weight is 285 g/mol. The molecule has 0 spiro atoms. The van der Waals surface area contributed by atoms with Gasteiger partial charge >= 0.3 is 0 Å². The fourth-order valence-electron chi connectivity index (χ4n) is 2.60. The minimum absolute atomic E-state index is 0.237. The third-order valence-corrected chi connectivity index (χ3v) is 3.81. The number of hydrogen-bond acceptors (Lipinski definition) is 2. The van der Waals surface area contributed by atoms with E-state index in [1.54, 1.807) is 0 Å². The molecule has 2 rings (SSSR count). The Labute approximate surface area is 126 Å². The molecule has 0 radical (unpaired) electrons. The van der Waals surface area contributed by atoms with Crippen molar-refractivity contribution in [2.75, 3.05) is 4.90 Å². The summed E-state index contributed by atoms with van der Waals surface area (Å²) in [7, 11) is 0. The molecule has 0 unspecified atom stereocenters. The summed E-state index contributed by atoms with van der Waals surface area (Å²) in [4.78, 5) is 25.1. The third kappa shape index (κ3) is 3.60. The molecule has 2 amide bonds. The molecule has 21 heavy (non-hydrogen) atoms. The molecular formula is C18H23NO2. The summed E-state index contributed by atoms with van der Waals surface area (Å²) >= 11 is 0. The smallest absolute Gasteiger partial charge is 0.258 e. The number of carbonyl (C=O) groups excluding carboxylic acids is 2. The van der Waals surface area contributed by atoms with Gasteiger partial charge in [-0.1, -0.05) is 38.8 Å². The standard InChI is InChI=1S/C18H23NO2/c1-3-5-7-14-9-10-16(15(13-14)8-6-4-2)19-17(20)11-12-18(19)21/h9-13H,3-8H2,1-2H3. The van der Waals surface area contributed by atoms with Gasteiger partial charge in [-0.05, 0) is 42.9 Å². The number of hydrogen-bond donors (Lipinski definition) is 0. The lowest BCUT2D eigenvalue weighted by molar-refractivity contribution is -0.119. The summed E-state index contributed by atoms with van der Waals surface area (Å²) in [5.41, 5.74) is 3.15. The van der Waals surface area contributed by atoms with E-state index in [2.05, 4.69) is 19.9 Å². The number of imide groups is 1. The SMILES string of the molecule is CCCCc1ccc(N2C(=O)C=CC2=O)c(CCCC)c1. The highest BCUT2D eigenvalue weighted by Crippen LogP contribution is 2.27. The topological polar surface area (TPSA) is 37.4 Å². The van der Waals surface area contributed by atoms with Crippen LogP contribution >= 0.6 is 0 Å². The molecule has 1 aromatic rings. The monoisotopic (exact) mass is 285 g/mol. The Kier molecular flexibility index (Phi) is 5.32. The first kappa shape index (κ1) is 15.5. The molecule has 0 aromatic heterocycles. The second kappa shape index (κ2) is 7.21. The van der Waals surface area contributed by atoms with E-state index in [1.807, 2.05) is 12.1 Å². The third-order valence-electron chi connectivity index (χ3n) is 3.81. The molecule has 112 valence electrons. The first-order valence-corrected chi connectivity index (χ1v) is 7.85. The van der Waals surface area contributed by atoms with Gasteiger partial charge in [-0.25, -0.2) is 4.90 Å². The fourth-order valence-corrected chi connectivity index (χ4v) is 2.60. The van der Waals surface area contributed by atoms with Crippen molar-refractivity contribution in [1.29, 1.82) is 0 Å². The molecule has 3 nitrogen and oxygen atoms in total. The van der Waals surface area contributed by atoms with E-state index in [-0.39, 0.29) is 11.8 Å². The van der Waals surface area contributed by atoms with Crippen molar-refractivity contribution in [3.05, 3.63) is 41.5 Å². The number of unbranched alkanes of at least 4 members (excludes halogenated alkanes) is 2. The van der Waals surface area contributed by atoms with Gasteiger partial charge in [0.25, 0.3) is 11.8 Å². The zero-order chi connectivity index (χ0) is 15.2. The summed E-state index contributed by atoms with van der Waals surface area (Å²) in [6.45, 7) is 4.33. The lowest BCUT2D eigenvalue weighted by Gasteiger charge is -2.19. The lowest BCUT2D eigenvalue weighted by atomic mass is 9.99. The summed E-state index contributed by atoms with van der Waals surface area (Å²) in [5, 5.41) is 0. The highest BCUT2D eigenvalue weighted by Gasteiger charge is 2.26. The van der Waals surface area contributed by atoms with Crippen molar-refractivity contribution in [2.45, 2.75) is 52.4 Å². The van der Waals surface area contributed by atoms with Gasteiger partial charge in [0.05, 0.1) is 5.69 Å². The first-order valence-electron chi connectivity index (χ1n) is 7.85. The van der Waals surface area contributed by atoms with Crippen LogP contribution < -0.4 is 4.90 Å². The number of rotatable bonds is 7. The molecule has 1 aliphatic rings. The molecular weight excluding hydrogens is 262 g/mol. The molecule has 1 aliphatic heterocycles. The Morgan fingerprint density at radius 1 is 0.905 bits per heavy atom. The molecule has 0 saturated heterocycles. The van der Waals surface area contributed by atoms with E-state index >= 15 is 0 Å². The van der Waals surface area contributed by atoms with Gasteiger partial charge in [0.2, 0.25) is 0 Å². The molecule has 3 heteroatoms. The fraction of sp³-hybridized carbons (Fsp3) is 0.444. The Balaban J connectivity index is 2.30. The Hall–Kier alpha value is -1.90. The molecule has 0 N–H and O–H groups in total. The maximum Gasteiger partial charge on any atom is 0.258 e. The number of carbonyl (C=O) groups is 2. The Bertz CT molecular complexity index is 542. The predicted octanol–water partition coefficient (Wildman–Crippen LogP) is 3.80. The quantitative estimate of drug-likeness (QED) is 0.715. The van der Waals surface area contributed by atoms with Crippen molar-refractivity contribution < 1.29 is 9.59 Å². The van der Waals surface area contributed by atoms with Crippen LogP contribution in [0.3, 0.4) is 0 Å². The molecule has 1 heterocycles. The van der Waals surface area contributed by atoms with Crippen LogP contribution in [0.1, 0.15) is 50.7 Å². The van der Waals surface area contributed by atoms with Crippen LogP contribution in [-0.4, -0.2) is 11.8 Å². The van der Waals surface area contributed by atoms with Crippen LogP contribution in [0, 0.1) is 0 Å². The van der Waals surface area contributed by atoms with Crippen molar-refractivity contribution in [2.24, 2.45) is 0 Å². The van der Waals surface area contributed by atoms with Crippen molar-refractivity contribution >= 4 is 17.5 Å². The van der Waals surface area contributed by atoms with Crippen molar-refractivity contribution in [3.8, 4) is 0 Å². The van der Waals surface area contributed by atoms with E-state index in [4.69, 9.17) is 0 Å². The number of nitrogens with zero attached hydrogens (tertiary/aromatic N) is 1. The number of benzene rings is 1. The maximum atomic E-state index is 11.9. The number of amides is 2. The van der Waals surface area contributed by atoms with Gasteiger partial charge in [-0.3, -0.25) is 9.59 Å². The van der Waals surface area contributed by atoms with Crippen LogP contribution in [0.4, 0.5) is 5.69 Å². The van der Waals surface area contributed by atoms with Gasteiger partial charge in [0.1, 0.15) is 0 Å². The zero-order valence-corrected chi connectivity index (χ0v) is 12.9. The number of aryl methyl sites for hydroxylation is 2. The first-order chi connectivity index (χ1) is 10.2. The molecule has 0 bridgehead atoms. The summed E-state index contributed by atoms with van der Waals surface area (Å²) < 4.78 is 0. The lowest BCUT2D eigenvalue weighted by Crippen LogP contribution is -2.30. The highest BCUT2D eigenvalue weighted by atomic mass is 16.2. The Morgan fingerprint density at radius 2 is 1.52 bits per heavy atom. The summed E-state index contributed by atoms with van der Waals surface area (Å²) in [5.74, 6) is -0.474. The van der Waals surface area contributed by atoms with Gasteiger partial charge in [0.15, 0.2) is 0 Å².